The Kier molecular flexibility index (Phi) is 4.46. The minimum atomic E-state index is -0.781. The summed E-state index contributed by atoms with van der Waals surface area (Å²) in [7, 11) is 0. The molecule has 27 heavy (non-hydrogen) atoms. The van der Waals surface area contributed by atoms with E-state index < -0.39 is 12.2 Å². The Bertz CT molecular complexity index is 982. The highest BCUT2D eigenvalue weighted by Crippen LogP contribution is 2.39. The fourth-order valence-electron chi connectivity index (χ4n) is 3.62. The fraction of sp³-hybridized carbons (Fsp3) is 0.250. The van der Waals surface area contributed by atoms with E-state index in [2.05, 4.69) is 5.32 Å². The lowest BCUT2D eigenvalue weighted by Crippen LogP contribution is -2.31. The second kappa shape index (κ2) is 6.93. The van der Waals surface area contributed by atoms with Crippen molar-refractivity contribution in [3.63, 3.8) is 0 Å². The molecule has 0 spiro atoms. The van der Waals surface area contributed by atoms with E-state index in [4.69, 9.17) is 26.3 Å². The van der Waals surface area contributed by atoms with Crippen LogP contribution >= 0.6 is 11.6 Å². The number of alkyl carbamates (subject to hydrolysis) is 1. The van der Waals surface area contributed by atoms with Crippen LogP contribution in [0.5, 0.6) is 11.5 Å². The van der Waals surface area contributed by atoms with Gasteiger partial charge in [-0.15, -0.1) is 0 Å². The number of nitrogens with one attached hydrogen (secondary N) is 1. The van der Waals surface area contributed by atoms with Crippen molar-refractivity contribution in [2.24, 2.45) is 0 Å². The van der Waals surface area contributed by atoms with Crippen LogP contribution in [0.25, 0.3) is 0 Å². The molecule has 7 heteroatoms. The zero-order valence-electron chi connectivity index (χ0n) is 14.2. The molecule has 6 nitrogen and oxygen atoms in total. The quantitative estimate of drug-likeness (QED) is 0.864. The van der Waals surface area contributed by atoms with Crippen LogP contribution in [0.2, 0.25) is 5.02 Å². The minimum absolute atomic E-state index is 0.159. The molecule has 1 heterocycles. The molecular formula is C20H15ClN2O4. The first-order chi connectivity index (χ1) is 13.0. The van der Waals surface area contributed by atoms with Crippen molar-refractivity contribution in [3.05, 3.63) is 58.1 Å². The summed E-state index contributed by atoms with van der Waals surface area (Å²) in [6.45, 7) is 0. The number of fused-ring (bicyclic) bond motifs is 1. The van der Waals surface area contributed by atoms with Crippen LogP contribution in [0.15, 0.2) is 36.4 Å². The molecule has 0 radical (unpaired) electrons. The number of ether oxygens (including phenoxy) is 2. The lowest BCUT2D eigenvalue weighted by Gasteiger charge is -2.28. The van der Waals surface area contributed by atoms with Crippen molar-refractivity contribution in [1.29, 1.82) is 5.26 Å². The van der Waals surface area contributed by atoms with Crippen molar-refractivity contribution in [2.75, 3.05) is 0 Å². The predicted molar refractivity (Wildman–Crippen MR) is 96.8 cm³/mol. The smallest absolute Gasteiger partial charge is 0.414 e. The van der Waals surface area contributed by atoms with Crippen LogP contribution < -0.4 is 10.1 Å². The average Bonchev–Trinajstić information content (AvgIpc) is 3.00. The summed E-state index contributed by atoms with van der Waals surface area (Å²) in [6.07, 6.45) is 1.05. The first-order valence-electron chi connectivity index (χ1n) is 8.57. The van der Waals surface area contributed by atoms with Crippen LogP contribution in [0, 0.1) is 11.3 Å². The van der Waals surface area contributed by atoms with Crippen molar-refractivity contribution in [2.45, 2.75) is 31.3 Å². The molecule has 1 aliphatic carbocycles. The second-order valence-corrected chi connectivity index (χ2v) is 6.94. The van der Waals surface area contributed by atoms with Crippen LogP contribution in [-0.4, -0.2) is 18.1 Å². The Hall–Kier alpha value is -3.04. The van der Waals surface area contributed by atoms with E-state index in [-0.39, 0.29) is 11.8 Å². The first kappa shape index (κ1) is 17.4. The molecular weight excluding hydrogens is 368 g/mol. The average molecular weight is 383 g/mol. The van der Waals surface area contributed by atoms with E-state index >= 15 is 0 Å². The molecule has 2 atom stereocenters. The Morgan fingerprint density at radius 3 is 2.78 bits per heavy atom. The van der Waals surface area contributed by atoms with Gasteiger partial charge in [-0.25, -0.2) is 4.79 Å². The lowest BCUT2D eigenvalue weighted by atomic mass is 9.79. The number of nitriles is 1. The molecule has 2 aromatic carbocycles. The molecule has 2 amide bonds. The van der Waals surface area contributed by atoms with E-state index in [9.17, 15) is 9.59 Å². The molecule has 1 saturated heterocycles. The van der Waals surface area contributed by atoms with E-state index in [1.165, 1.54) is 0 Å². The second-order valence-electron chi connectivity index (χ2n) is 6.53. The van der Waals surface area contributed by atoms with Crippen molar-refractivity contribution in [1.82, 2.24) is 5.32 Å². The Morgan fingerprint density at radius 2 is 2.07 bits per heavy atom. The molecule has 2 aliphatic rings. The highest BCUT2D eigenvalue weighted by molar-refractivity contribution is 6.32. The molecule has 4 rings (SSSR count). The third-order valence-electron chi connectivity index (χ3n) is 4.85. The van der Waals surface area contributed by atoms with Crippen LogP contribution in [-0.2, 0) is 16.0 Å². The van der Waals surface area contributed by atoms with E-state index in [0.717, 1.165) is 30.4 Å². The molecule has 1 N–H and O–H groups in total. The molecule has 1 fully saturated rings. The number of amides is 2. The maximum absolute atomic E-state index is 12.0. The van der Waals surface area contributed by atoms with Gasteiger partial charge in [0, 0.05) is 5.92 Å². The number of carbonyl (C=O) groups excluding carboxylic acids is 2. The van der Waals surface area contributed by atoms with Crippen molar-refractivity contribution in [3.8, 4) is 17.6 Å². The van der Waals surface area contributed by atoms with Crippen molar-refractivity contribution < 1.29 is 19.1 Å². The van der Waals surface area contributed by atoms with Gasteiger partial charge in [0.25, 0.3) is 5.91 Å². The number of rotatable bonds is 3. The molecule has 0 saturated carbocycles. The van der Waals surface area contributed by atoms with Gasteiger partial charge in [-0.1, -0.05) is 17.7 Å². The fourth-order valence-corrected chi connectivity index (χ4v) is 3.84. The van der Waals surface area contributed by atoms with Gasteiger partial charge in [-0.05, 0) is 60.7 Å². The van der Waals surface area contributed by atoms with Crippen LogP contribution in [0.3, 0.4) is 0 Å². The molecule has 0 aromatic heterocycles. The van der Waals surface area contributed by atoms with Crippen LogP contribution in [0.4, 0.5) is 4.79 Å². The van der Waals surface area contributed by atoms with Gasteiger partial charge >= 0.3 is 6.09 Å². The van der Waals surface area contributed by atoms with Gasteiger partial charge in [0.2, 0.25) is 0 Å². The molecule has 1 aliphatic heterocycles. The number of hydrogen-bond acceptors (Lipinski definition) is 5. The molecule has 0 bridgehead atoms. The van der Waals surface area contributed by atoms with E-state index in [0.29, 0.717) is 22.1 Å². The summed E-state index contributed by atoms with van der Waals surface area (Å²) in [5.41, 5.74) is 2.52. The molecule has 1 unspecified atom stereocenters. The largest absolute Gasteiger partial charge is 0.456 e. The summed E-state index contributed by atoms with van der Waals surface area (Å²) in [6, 6.07) is 12.5. The maximum Gasteiger partial charge on any atom is 0.414 e. The zero-order chi connectivity index (χ0) is 19.0. The van der Waals surface area contributed by atoms with Crippen molar-refractivity contribution >= 4 is 23.6 Å². The predicted octanol–water partition coefficient (Wildman–Crippen LogP) is 4.06. The highest BCUT2D eigenvalue weighted by Gasteiger charge is 2.41. The summed E-state index contributed by atoms with van der Waals surface area (Å²) in [5, 5.41) is 11.5. The number of benzene rings is 2. The summed E-state index contributed by atoms with van der Waals surface area (Å²) < 4.78 is 11.0. The highest BCUT2D eigenvalue weighted by atomic mass is 35.5. The minimum Gasteiger partial charge on any atom is -0.456 e. The number of hydrogen-bond donors (Lipinski definition) is 1. The standard InChI is InChI=1S/C20H15ClN2O4/c21-16-8-11(10-22)4-7-17(16)26-13-5-6-14-12(9-13)2-1-3-15(14)18-19(24)23-20(25)27-18/h4-9,15,18H,1-3H2,(H,23,24,25)/t15-,18?/m1/s1. The van der Waals surface area contributed by atoms with Crippen LogP contribution in [0.1, 0.15) is 35.4 Å². The van der Waals surface area contributed by atoms with E-state index in [1.54, 1.807) is 24.3 Å². The lowest BCUT2D eigenvalue weighted by molar-refractivity contribution is -0.124. The van der Waals surface area contributed by atoms with Gasteiger partial charge in [0.15, 0.2) is 6.10 Å². The SMILES string of the molecule is N#Cc1ccc(Oc2ccc3c(c2)CCC[C@H]3C2OC(=O)NC2=O)c(Cl)c1. The maximum atomic E-state index is 12.0. The Labute approximate surface area is 160 Å². The number of imide groups is 1. The topological polar surface area (TPSA) is 88.4 Å². The molecule has 136 valence electrons. The van der Waals surface area contributed by atoms with E-state index in [1.807, 2.05) is 18.2 Å². The van der Waals surface area contributed by atoms with Gasteiger partial charge in [-0.2, -0.15) is 5.26 Å². The summed E-state index contributed by atoms with van der Waals surface area (Å²) in [4.78, 5) is 23.3. The monoisotopic (exact) mass is 382 g/mol. The number of carbonyl (C=O) groups is 2. The number of aryl methyl sites for hydroxylation is 1. The first-order valence-corrected chi connectivity index (χ1v) is 8.95. The van der Waals surface area contributed by atoms with Gasteiger partial charge < -0.3 is 9.47 Å². The van der Waals surface area contributed by atoms with Gasteiger partial charge in [0.1, 0.15) is 11.5 Å². The molecule has 2 aromatic rings. The Morgan fingerprint density at radius 1 is 1.22 bits per heavy atom. The van der Waals surface area contributed by atoms with Gasteiger partial charge in [0.05, 0.1) is 16.7 Å². The number of cyclic esters (lactones) is 1. The zero-order valence-corrected chi connectivity index (χ0v) is 15.0. The van der Waals surface area contributed by atoms with Gasteiger partial charge in [-0.3, -0.25) is 10.1 Å². The summed E-state index contributed by atoms with van der Waals surface area (Å²) >= 11 is 6.17. The number of halogens is 1. The third-order valence-corrected chi connectivity index (χ3v) is 5.14. The third kappa shape index (κ3) is 3.34. The number of nitrogens with zero attached hydrogens (tertiary/aromatic N) is 1. The Balaban J connectivity index is 1.59. The normalized spacial score (nSPS) is 21.0. The summed E-state index contributed by atoms with van der Waals surface area (Å²) in [5.74, 6) is 0.538.